The van der Waals surface area contributed by atoms with E-state index >= 15 is 0 Å². The number of hydrogen-bond acceptors (Lipinski definition) is 4. The van der Waals surface area contributed by atoms with E-state index in [-0.39, 0.29) is 0 Å². The van der Waals surface area contributed by atoms with Crippen LogP contribution in [0, 0.1) is 0 Å². The Morgan fingerprint density at radius 1 is 1.24 bits per heavy atom. The van der Waals surface area contributed by atoms with E-state index in [4.69, 9.17) is 0 Å². The van der Waals surface area contributed by atoms with Crippen molar-refractivity contribution in [1.82, 2.24) is 24.6 Å². The molecule has 0 spiro atoms. The van der Waals surface area contributed by atoms with Crippen molar-refractivity contribution in [1.29, 1.82) is 0 Å². The average Bonchev–Trinajstić information content (AvgIpc) is 3.16. The summed E-state index contributed by atoms with van der Waals surface area (Å²) in [5.74, 6) is 0.806. The molecular weight excluding hydrogens is 262 g/mol. The molecule has 0 bridgehead atoms. The van der Waals surface area contributed by atoms with E-state index in [1.54, 1.807) is 6.20 Å². The number of imidazole rings is 1. The molecule has 4 rings (SSSR count). The predicted molar refractivity (Wildman–Crippen MR) is 82.1 cm³/mol. The Bertz CT molecular complexity index is 568. The highest BCUT2D eigenvalue weighted by Crippen LogP contribution is 2.25. The molecule has 112 valence electrons. The van der Waals surface area contributed by atoms with Gasteiger partial charge in [-0.3, -0.25) is 9.30 Å². The molecule has 0 aliphatic carbocycles. The van der Waals surface area contributed by atoms with Crippen molar-refractivity contribution >= 4 is 5.78 Å². The minimum Gasteiger partial charge on any atom is -0.312 e. The lowest BCUT2D eigenvalue weighted by Gasteiger charge is -2.38. The van der Waals surface area contributed by atoms with Crippen LogP contribution in [0.5, 0.6) is 0 Å². The number of fused-ring (bicyclic) bond motifs is 1. The summed E-state index contributed by atoms with van der Waals surface area (Å²) in [5.41, 5.74) is 1.14. The van der Waals surface area contributed by atoms with Crippen LogP contribution in [-0.4, -0.2) is 44.4 Å². The molecule has 0 radical (unpaired) electrons. The molecule has 21 heavy (non-hydrogen) atoms. The van der Waals surface area contributed by atoms with Gasteiger partial charge in [-0.15, -0.1) is 0 Å². The van der Waals surface area contributed by atoms with Crippen LogP contribution in [0.3, 0.4) is 0 Å². The highest BCUT2D eigenvalue weighted by molar-refractivity contribution is 5.29. The predicted octanol–water partition coefficient (Wildman–Crippen LogP) is 1.84. The topological polar surface area (TPSA) is 45.5 Å². The Kier molecular flexibility index (Phi) is 3.61. The van der Waals surface area contributed by atoms with Crippen LogP contribution in [0.15, 0.2) is 24.7 Å². The second-order valence-electron chi connectivity index (χ2n) is 6.30. The minimum absolute atomic E-state index is 0.680. The summed E-state index contributed by atoms with van der Waals surface area (Å²) in [5, 5.41) is 3.69. The lowest BCUT2D eigenvalue weighted by atomic mass is 9.94. The van der Waals surface area contributed by atoms with Crippen LogP contribution in [0.25, 0.3) is 5.78 Å². The smallest absolute Gasteiger partial charge is 0.233 e. The number of rotatable bonds is 3. The van der Waals surface area contributed by atoms with Crippen molar-refractivity contribution in [3.63, 3.8) is 0 Å². The highest BCUT2D eigenvalue weighted by Gasteiger charge is 2.31. The Hall–Kier alpha value is -1.46. The van der Waals surface area contributed by atoms with Crippen LogP contribution >= 0.6 is 0 Å². The summed E-state index contributed by atoms with van der Waals surface area (Å²) >= 11 is 0. The van der Waals surface area contributed by atoms with E-state index < -0.39 is 0 Å². The molecule has 2 fully saturated rings. The Morgan fingerprint density at radius 3 is 3.10 bits per heavy atom. The Balaban J connectivity index is 1.53. The molecule has 0 saturated carbocycles. The van der Waals surface area contributed by atoms with Crippen LogP contribution in [-0.2, 0) is 6.54 Å². The molecule has 2 aromatic rings. The number of piperidine rings is 1. The zero-order valence-corrected chi connectivity index (χ0v) is 12.4. The van der Waals surface area contributed by atoms with Crippen LogP contribution in [0.4, 0.5) is 0 Å². The Labute approximate surface area is 125 Å². The number of nitrogens with zero attached hydrogens (tertiary/aromatic N) is 4. The van der Waals surface area contributed by atoms with E-state index in [1.807, 2.05) is 16.7 Å². The molecule has 0 amide bonds. The number of likely N-dealkylation sites (tertiary alicyclic amines) is 1. The molecule has 4 heterocycles. The van der Waals surface area contributed by atoms with Crippen molar-refractivity contribution in [3.8, 4) is 0 Å². The monoisotopic (exact) mass is 285 g/mol. The highest BCUT2D eigenvalue weighted by atomic mass is 15.2. The number of hydrogen-bond donors (Lipinski definition) is 1. The van der Waals surface area contributed by atoms with Crippen molar-refractivity contribution < 1.29 is 0 Å². The van der Waals surface area contributed by atoms with Gasteiger partial charge in [-0.25, -0.2) is 9.97 Å². The second kappa shape index (κ2) is 5.73. The molecule has 2 atom stereocenters. The Morgan fingerprint density at radius 2 is 2.24 bits per heavy atom. The zero-order chi connectivity index (χ0) is 14.1. The summed E-state index contributed by atoms with van der Waals surface area (Å²) in [4.78, 5) is 11.6. The van der Waals surface area contributed by atoms with Gasteiger partial charge in [0.25, 0.3) is 0 Å². The zero-order valence-electron chi connectivity index (χ0n) is 12.4. The number of nitrogens with one attached hydrogen (secondary N) is 1. The van der Waals surface area contributed by atoms with Gasteiger partial charge in [0.15, 0.2) is 0 Å². The maximum absolute atomic E-state index is 4.66. The third kappa shape index (κ3) is 2.68. The lowest BCUT2D eigenvalue weighted by molar-refractivity contribution is 0.111. The minimum atomic E-state index is 0.680. The fourth-order valence-corrected chi connectivity index (χ4v) is 3.87. The maximum atomic E-state index is 4.66. The first-order valence-electron chi connectivity index (χ1n) is 8.16. The summed E-state index contributed by atoms with van der Waals surface area (Å²) in [6.07, 6.45) is 12.6. The third-order valence-electron chi connectivity index (χ3n) is 4.88. The van der Waals surface area contributed by atoms with Gasteiger partial charge < -0.3 is 5.32 Å². The van der Waals surface area contributed by atoms with Crippen molar-refractivity contribution in [2.24, 2.45) is 0 Å². The van der Waals surface area contributed by atoms with E-state index in [0.717, 1.165) is 18.0 Å². The van der Waals surface area contributed by atoms with E-state index in [2.05, 4.69) is 26.4 Å². The molecule has 1 N–H and O–H groups in total. The SMILES string of the molecule is c1cnc2nc(CN3CCCCC3C3CCCN3)cn2c1. The normalized spacial score (nSPS) is 27.4. The van der Waals surface area contributed by atoms with Crippen LogP contribution < -0.4 is 5.32 Å². The van der Waals surface area contributed by atoms with Crippen molar-refractivity contribution in [2.75, 3.05) is 13.1 Å². The molecule has 2 unspecified atom stereocenters. The quantitative estimate of drug-likeness (QED) is 0.934. The van der Waals surface area contributed by atoms with Crippen LogP contribution in [0.1, 0.15) is 37.8 Å². The molecule has 0 aromatic carbocycles. The molecule has 5 heteroatoms. The van der Waals surface area contributed by atoms with Gasteiger partial charge in [0.2, 0.25) is 5.78 Å². The average molecular weight is 285 g/mol. The lowest BCUT2D eigenvalue weighted by Crippen LogP contribution is -2.49. The van der Waals surface area contributed by atoms with Gasteiger partial charge in [-0.05, 0) is 44.8 Å². The van der Waals surface area contributed by atoms with Gasteiger partial charge in [0.05, 0.1) is 5.69 Å². The largest absolute Gasteiger partial charge is 0.312 e. The third-order valence-corrected chi connectivity index (χ3v) is 4.88. The van der Waals surface area contributed by atoms with Gasteiger partial charge in [0.1, 0.15) is 0 Å². The van der Waals surface area contributed by atoms with Gasteiger partial charge in [-0.2, -0.15) is 0 Å². The second-order valence-corrected chi connectivity index (χ2v) is 6.30. The first kappa shape index (κ1) is 13.2. The van der Waals surface area contributed by atoms with E-state index in [9.17, 15) is 0 Å². The first-order chi connectivity index (χ1) is 10.4. The molecular formula is C16H23N5. The molecule has 2 aromatic heterocycles. The fraction of sp³-hybridized carbons (Fsp3) is 0.625. The molecule has 2 saturated heterocycles. The standard InChI is InChI=1S/C16H23N5/c1-2-9-20(15(6-1)14-5-3-7-17-14)11-13-12-21-10-4-8-18-16(21)19-13/h4,8,10,12,14-15,17H,1-3,5-7,9,11H2. The van der Waals surface area contributed by atoms with E-state index in [1.165, 1.54) is 45.2 Å². The van der Waals surface area contributed by atoms with Gasteiger partial charge in [-0.1, -0.05) is 6.42 Å². The fourth-order valence-electron chi connectivity index (χ4n) is 3.87. The van der Waals surface area contributed by atoms with Crippen molar-refractivity contribution in [3.05, 3.63) is 30.4 Å². The molecule has 2 aliphatic heterocycles. The van der Waals surface area contributed by atoms with Crippen molar-refractivity contribution in [2.45, 2.75) is 50.7 Å². The summed E-state index contributed by atoms with van der Waals surface area (Å²) in [6, 6.07) is 3.31. The first-order valence-corrected chi connectivity index (χ1v) is 8.16. The molecule has 5 nitrogen and oxygen atoms in total. The molecule has 2 aliphatic rings. The van der Waals surface area contributed by atoms with Crippen LogP contribution in [0.2, 0.25) is 0 Å². The maximum Gasteiger partial charge on any atom is 0.233 e. The number of aromatic nitrogens is 3. The van der Waals surface area contributed by atoms with Gasteiger partial charge in [0, 0.05) is 37.2 Å². The van der Waals surface area contributed by atoms with Gasteiger partial charge >= 0.3 is 0 Å². The summed E-state index contributed by atoms with van der Waals surface area (Å²) < 4.78 is 2.02. The summed E-state index contributed by atoms with van der Waals surface area (Å²) in [6.45, 7) is 3.34. The van der Waals surface area contributed by atoms with E-state index in [0.29, 0.717) is 12.1 Å². The summed E-state index contributed by atoms with van der Waals surface area (Å²) in [7, 11) is 0.